The first kappa shape index (κ1) is 18.4. The number of nitrogens with two attached hydrogens (primary N) is 1. The Balaban J connectivity index is 1.87. The quantitative estimate of drug-likeness (QED) is 0.690. The molecular weight excluding hydrogens is 368 g/mol. The maximum atomic E-state index is 9.80. The van der Waals surface area contributed by atoms with E-state index in [1.165, 1.54) is 0 Å². The average Bonchev–Trinajstić information content (AvgIpc) is 3.17. The number of nitrogens with zero attached hydrogens (tertiary/aromatic N) is 2. The van der Waals surface area contributed by atoms with Crippen molar-refractivity contribution in [3.8, 4) is 34.7 Å². The molecule has 0 unspecified atom stereocenters. The highest BCUT2D eigenvalue weighted by Crippen LogP contribution is 2.46. The van der Waals surface area contributed by atoms with Gasteiger partial charge < -0.3 is 19.9 Å². The van der Waals surface area contributed by atoms with Crippen LogP contribution >= 0.6 is 0 Å². The highest BCUT2D eigenvalue weighted by Gasteiger charge is 2.35. The molecule has 0 amide bonds. The molecule has 0 fully saturated rings. The number of aromatic nitrogens is 2. The zero-order valence-corrected chi connectivity index (χ0v) is 16.1. The fraction of sp³-hybridized carbons (Fsp3) is 0.182. The van der Waals surface area contributed by atoms with Crippen LogP contribution in [0, 0.1) is 11.3 Å². The molecule has 0 bridgehead atoms. The number of nitriles is 1. The van der Waals surface area contributed by atoms with Crippen LogP contribution in [0.1, 0.15) is 24.0 Å². The minimum atomic E-state index is -0.417. The predicted octanol–water partition coefficient (Wildman–Crippen LogP) is 3.70. The number of aromatic amines is 1. The van der Waals surface area contributed by atoms with Crippen LogP contribution in [0.2, 0.25) is 0 Å². The number of hydrogen-bond acceptors (Lipinski definition) is 6. The van der Waals surface area contributed by atoms with Crippen LogP contribution < -0.4 is 19.9 Å². The fourth-order valence-corrected chi connectivity index (χ4v) is 3.50. The molecule has 1 aromatic heterocycles. The standard InChI is InChI=1S/C22H20N4O3/c1-3-28-15-9-7-13(8-10-15)18-17(12-23)21(24)29-22-19(18)20(25-26-22)14-5-4-6-16(11-14)27-2/h4-11,18H,3,24H2,1-2H3,(H,25,26)/t18-/m1/s1. The second-order valence-electron chi connectivity index (χ2n) is 6.48. The molecule has 7 heteroatoms. The molecule has 0 saturated heterocycles. The van der Waals surface area contributed by atoms with Gasteiger partial charge in [-0.15, -0.1) is 5.10 Å². The number of methoxy groups -OCH3 is 1. The van der Waals surface area contributed by atoms with Crippen LogP contribution in [0.25, 0.3) is 11.3 Å². The van der Waals surface area contributed by atoms with Gasteiger partial charge in [0.25, 0.3) is 0 Å². The van der Waals surface area contributed by atoms with E-state index in [0.29, 0.717) is 18.1 Å². The molecule has 146 valence electrons. The Kier molecular flexibility index (Phi) is 4.83. The lowest BCUT2D eigenvalue weighted by Crippen LogP contribution is -2.21. The van der Waals surface area contributed by atoms with Gasteiger partial charge in [0.15, 0.2) is 0 Å². The van der Waals surface area contributed by atoms with Crippen molar-refractivity contribution in [1.29, 1.82) is 5.26 Å². The van der Waals surface area contributed by atoms with Crippen molar-refractivity contribution in [3.63, 3.8) is 0 Å². The number of benzene rings is 2. The van der Waals surface area contributed by atoms with Gasteiger partial charge in [0.05, 0.1) is 30.9 Å². The van der Waals surface area contributed by atoms with Gasteiger partial charge in [0.2, 0.25) is 11.8 Å². The molecule has 1 aliphatic heterocycles. The van der Waals surface area contributed by atoms with E-state index in [4.69, 9.17) is 19.9 Å². The van der Waals surface area contributed by atoms with Crippen molar-refractivity contribution in [2.75, 3.05) is 13.7 Å². The lowest BCUT2D eigenvalue weighted by atomic mass is 9.83. The molecule has 2 aromatic carbocycles. The molecule has 0 radical (unpaired) electrons. The Hall–Kier alpha value is -3.92. The topological polar surface area (TPSA) is 106 Å². The van der Waals surface area contributed by atoms with E-state index in [-0.39, 0.29) is 5.88 Å². The first-order valence-corrected chi connectivity index (χ1v) is 9.19. The summed E-state index contributed by atoms with van der Waals surface area (Å²) in [6.07, 6.45) is 0. The van der Waals surface area contributed by atoms with Crippen molar-refractivity contribution in [1.82, 2.24) is 10.2 Å². The van der Waals surface area contributed by atoms with Crippen LogP contribution in [-0.2, 0) is 0 Å². The van der Waals surface area contributed by atoms with Gasteiger partial charge in [-0.2, -0.15) is 5.26 Å². The summed E-state index contributed by atoms with van der Waals surface area (Å²) in [5.41, 5.74) is 9.65. The Bertz CT molecular complexity index is 1110. The van der Waals surface area contributed by atoms with Gasteiger partial charge in [-0.05, 0) is 36.8 Å². The van der Waals surface area contributed by atoms with Crippen molar-refractivity contribution in [2.24, 2.45) is 5.73 Å². The van der Waals surface area contributed by atoms with Crippen LogP contribution in [0.5, 0.6) is 17.4 Å². The van der Waals surface area contributed by atoms with E-state index in [0.717, 1.165) is 33.9 Å². The van der Waals surface area contributed by atoms with Crippen LogP contribution in [-0.4, -0.2) is 23.9 Å². The van der Waals surface area contributed by atoms with E-state index >= 15 is 0 Å². The third kappa shape index (κ3) is 3.25. The number of ether oxygens (including phenoxy) is 3. The molecule has 1 aliphatic rings. The monoisotopic (exact) mass is 388 g/mol. The Morgan fingerprint density at radius 2 is 2.00 bits per heavy atom. The first-order valence-electron chi connectivity index (χ1n) is 9.19. The highest BCUT2D eigenvalue weighted by atomic mass is 16.5. The molecule has 3 aromatic rings. The minimum Gasteiger partial charge on any atom is -0.497 e. The van der Waals surface area contributed by atoms with Gasteiger partial charge in [0, 0.05) is 5.56 Å². The minimum absolute atomic E-state index is 0.0579. The average molecular weight is 388 g/mol. The number of rotatable bonds is 5. The molecule has 2 heterocycles. The Morgan fingerprint density at radius 3 is 2.69 bits per heavy atom. The number of hydrogen-bond donors (Lipinski definition) is 2. The summed E-state index contributed by atoms with van der Waals surface area (Å²) in [6.45, 7) is 2.51. The summed E-state index contributed by atoms with van der Waals surface area (Å²) in [5.74, 6) is 1.48. The number of fused-ring (bicyclic) bond motifs is 1. The van der Waals surface area contributed by atoms with Crippen molar-refractivity contribution in [2.45, 2.75) is 12.8 Å². The van der Waals surface area contributed by atoms with Crippen LogP contribution in [0.3, 0.4) is 0 Å². The second kappa shape index (κ2) is 7.60. The van der Waals surface area contributed by atoms with E-state index in [1.807, 2.05) is 55.5 Å². The summed E-state index contributed by atoms with van der Waals surface area (Å²) in [4.78, 5) is 0. The van der Waals surface area contributed by atoms with E-state index in [9.17, 15) is 5.26 Å². The van der Waals surface area contributed by atoms with Crippen molar-refractivity contribution in [3.05, 3.63) is 71.1 Å². The molecule has 29 heavy (non-hydrogen) atoms. The second-order valence-corrected chi connectivity index (χ2v) is 6.48. The molecule has 0 saturated carbocycles. The lowest BCUT2D eigenvalue weighted by Gasteiger charge is -2.24. The predicted molar refractivity (Wildman–Crippen MR) is 107 cm³/mol. The zero-order chi connectivity index (χ0) is 20.4. The van der Waals surface area contributed by atoms with Gasteiger partial charge in [0.1, 0.15) is 23.1 Å². The van der Waals surface area contributed by atoms with Crippen molar-refractivity contribution < 1.29 is 14.2 Å². The van der Waals surface area contributed by atoms with E-state index in [2.05, 4.69) is 16.3 Å². The SMILES string of the molecule is CCOc1ccc([C@@H]2C(C#N)=C(N)Oc3n[nH]c(-c4cccc(OC)c4)c32)cc1. The molecule has 7 nitrogen and oxygen atoms in total. The summed E-state index contributed by atoms with van der Waals surface area (Å²) in [5, 5.41) is 17.1. The normalized spacial score (nSPS) is 15.3. The molecule has 0 aliphatic carbocycles. The number of nitrogens with one attached hydrogen (secondary N) is 1. The Morgan fingerprint density at radius 1 is 1.21 bits per heavy atom. The fourth-order valence-electron chi connectivity index (χ4n) is 3.50. The summed E-state index contributed by atoms with van der Waals surface area (Å²) in [6, 6.07) is 17.4. The Labute approximate surface area is 168 Å². The molecular formula is C22H20N4O3. The summed E-state index contributed by atoms with van der Waals surface area (Å²) < 4.78 is 16.5. The highest BCUT2D eigenvalue weighted by molar-refractivity contribution is 5.71. The van der Waals surface area contributed by atoms with Gasteiger partial charge in [-0.1, -0.05) is 24.3 Å². The van der Waals surface area contributed by atoms with Crippen molar-refractivity contribution >= 4 is 0 Å². The molecule has 0 spiro atoms. The van der Waals surface area contributed by atoms with Gasteiger partial charge >= 0.3 is 0 Å². The molecule has 3 N–H and O–H groups in total. The smallest absolute Gasteiger partial charge is 0.244 e. The third-order valence-corrected chi connectivity index (χ3v) is 4.82. The summed E-state index contributed by atoms with van der Waals surface area (Å²) in [7, 11) is 1.62. The molecule has 1 atom stereocenters. The first-order chi connectivity index (χ1) is 14.2. The summed E-state index contributed by atoms with van der Waals surface area (Å²) >= 11 is 0. The van der Waals surface area contributed by atoms with Crippen LogP contribution in [0.15, 0.2) is 60.0 Å². The maximum Gasteiger partial charge on any atom is 0.244 e. The van der Waals surface area contributed by atoms with Gasteiger partial charge in [-0.3, -0.25) is 5.10 Å². The largest absolute Gasteiger partial charge is 0.497 e. The van der Waals surface area contributed by atoms with E-state index < -0.39 is 5.92 Å². The lowest BCUT2D eigenvalue weighted by molar-refractivity contribution is 0.340. The number of allylic oxidation sites excluding steroid dienone is 1. The van der Waals surface area contributed by atoms with Crippen LogP contribution in [0.4, 0.5) is 0 Å². The third-order valence-electron chi connectivity index (χ3n) is 4.82. The maximum absolute atomic E-state index is 9.80. The zero-order valence-electron chi connectivity index (χ0n) is 16.1. The molecule has 4 rings (SSSR count). The number of H-pyrrole nitrogens is 1. The van der Waals surface area contributed by atoms with E-state index in [1.54, 1.807) is 7.11 Å². The van der Waals surface area contributed by atoms with Gasteiger partial charge in [-0.25, -0.2) is 0 Å².